The molecule has 2 nitrogen and oxygen atoms in total. The molecular weight excluding hydrogens is 174 g/mol. The summed E-state index contributed by atoms with van der Waals surface area (Å²) in [5.41, 5.74) is 0. The van der Waals surface area contributed by atoms with Crippen molar-refractivity contribution < 1.29 is 4.74 Å². The van der Waals surface area contributed by atoms with E-state index in [0.29, 0.717) is 6.10 Å². The van der Waals surface area contributed by atoms with E-state index in [-0.39, 0.29) is 0 Å². The third kappa shape index (κ3) is 2.48. The molecule has 0 aromatic carbocycles. The fourth-order valence-electron chi connectivity index (χ4n) is 2.64. The first-order valence-electron chi connectivity index (χ1n) is 6.12. The second-order valence-corrected chi connectivity index (χ2v) is 4.88. The second kappa shape index (κ2) is 4.63. The Hall–Kier alpha value is -0.0800. The Balaban J connectivity index is 1.62. The fourth-order valence-corrected chi connectivity index (χ4v) is 2.64. The molecule has 1 unspecified atom stereocenters. The minimum atomic E-state index is 0.585. The average molecular weight is 197 g/mol. The highest BCUT2D eigenvalue weighted by atomic mass is 16.5. The summed E-state index contributed by atoms with van der Waals surface area (Å²) in [7, 11) is 2.11. The number of hydrogen-bond donors (Lipinski definition) is 1. The van der Waals surface area contributed by atoms with Gasteiger partial charge in [0.15, 0.2) is 0 Å². The quantitative estimate of drug-likeness (QED) is 0.705. The molecule has 2 aliphatic rings. The molecule has 1 N–H and O–H groups in total. The van der Waals surface area contributed by atoms with Gasteiger partial charge in [-0.2, -0.15) is 0 Å². The average Bonchev–Trinajstić information content (AvgIpc) is 2.92. The molecule has 82 valence electrons. The molecule has 2 heteroatoms. The monoisotopic (exact) mass is 197 g/mol. The standard InChI is InChI=1S/C12H23NO/c1-3-14-11-6-9(7-11)8-12(13-2)10-4-5-10/h9-13H,3-8H2,1-2H3. The van der Waals surface area contributed by atoms with E-state index < -0.39 is 0 Å². The smallest absolute Gasteiger partial charge is 0.0580 e. The van der Waals surface area contributed by atoms with E-state index >= 15 is 0 Å². The van der Waals surface area contributed by atoms with Crippen molar-refractivity contribution in [1.29, 1.82) is 0 Å². The van der Waals surface area contributed by atoms with Crippen LogP contribution in [-0.4, -0.2) is 25.8 Å². The molecule has 2 fully saturated rings. The molecule has 2 aliphatic carbocycles. The SMILES string of the molecule is CCOC1CC(CC(NC)C2CC2)C1. The van der Waals surface area contributed by atoms with Crippen LogP contribution in [0.4, 0.5) is 0 Å². The molecule has 0 heterocycles. The van der Waals surface area contributed by atoms with Crippen molar-refractivity contribution in [3.63, 3.8) is 0 Å². The second-order valence-electron chi connectivity index (χ2n) is 4.88. The van der Waals surface area contributed by atoms with Crippen LogP contribution in [0.25, 0.3) is 0 Å². The molecule has 0 aromatic heterocycles. The van der Waals surface area contributed by atoms with Gasteiger partial charge in [0.25, 0.3) is 0 Å². The van der Waals surface area contributed by atoms with Gasteiger partial charge in [-0.1, -0.05) is 0 Å². The Labute approximate surface area is 87.4 Å². The molecule has 0 bridgehead atoms. The lowest BCUT2D eigenvalue weighted by Crippen LogP contribution is -2.37. The highest BCUT2D eigenvalue weighted by Crippen LogP contribution is 2.40. The van der Waals surface area contributed by atoms with Gasteiger partial charge in [0.1, 0.15) is 0 Å². The van der Waals surface area contributed by atoms with Crippen molar-refractivity contribution in [1.82, 2.24) is 5.32 Å². The van der Waals surface area contributed by atoms with Gasteiger partial charge in [0, 0.05) is 12.6 Å². The van der Waals surface area contributed by atoms with Crippen molar-refractivity contribution in [3.05, 3.63) is 0 Å². The lowest BCUT2D eigenvalue weighted by Gasteiger charge is -2.37. The summed E-state index contributed by atoms with van der Waals surface area (Å²) in [6, 6.07) is 0.794. The summed E-state index contributed by atoms with van der Waals surface area (Å²) >= 11 is 0. The van der Waals surface area contributed by atoms with Gasteiger partial charge in [-0.25, -0.2) is 0 Å². The van der Waals surface area contributed by atoms with E-state index in [1.807, 2.05) is 0 Å². The predicted octanol–water partition coefficient (Wildman–Crippen LogP) is 2.19. The minimum Gasteiger partial charge on any atom is -0.378 e. The maximum absolute atomic E-state index is 5.58. The Morgan fingerprint density at radius 3 is 2.57 bits per heavy atom. The Bertz CT molecular complexity index is 173. The summed E-state index contributed by atoms with van der Waals surface area (Å²) in [6.07, 6.45) is 7.48. The minimum absolute atomic E-state index is 0.585. The topological polar surface area (TPSA) is 21.3 Å². The summed E-state index contributed by atoms with van der Waals surface area (Å²) in [5, 5.41) is 3.47. The van der Waals surface area contributed by atoms with Crippen molar-refractivity contribution in [2.45, 2.75) is 51.2 Å². The molecule has 2 rings (SSSR count). The van der Waals surface area contributed by atoms with Crippen molar-refractivity contribution in [2.75, 3.05) is 13.7 Å². The maximum atomic E-state index is 5.58. The first kappa shape index (κ1) is 10.4. The van der Waals surface area contributed by atoms with E-state index in [4.69, 9.17) is 4.74 Å². The molecule has 0 spiro atoms. The van der Waals surface area contributed by atoms with Gasteiger partial charge in [0.05, 0.1) is 6.10 Å². The highest BCUT2D eigenvalue weighted by molar-refractivity contribution is 4.90. The van der Waals surface area contributed by atoms with E-state index in [1.54, 1.807) is 0 Å². The van der Waals surface area contributed by atoms with Crippen LogP contribution in [0, 0.1) is 11.8 Å². The zero-order valence-electron chi connectivity index (χ0n) is 9.46. The summed E-state index contributed by atoms with van der Waals surface area (Å²) in [4.78, 5) is 0. The zero-order chi connectivity index (χ0) is 9.97. The van der Waals surface area contributed by atoms with E-state index in [0.717, 1.165) is 24.5 Å². The van der Waals surface area contributed by atoms with Crippen LogP contribution < -0.4 is 5.32 Å². The summed E-state index contributed by atoms with van der Waals surface area (Å²) in [5.74, 6) is 1.93. The molecule has 0 aliphatic heterocycles. The van der Waals surface area contributed by atoms with E-state index in [2.05, 4.69) is 19.3 Å². The van der Waals surface area contributed by atoms with Crippen molar-refractivity contribution >= 4 is 0 Å². The summed E-state index contributed by atoms with van der Waals surface area (Å²) in [6.45, 7) is 2.98. The summed E-state index contributed by atoms with van der Waals surface area (Å²) < 4.78 is 5.58. The van der Waals surface area contributed by atoms with Gasteiger partial charge >= 0.3 is 0 Å². The van der Waals surface area contributed by atoms with Crippen molar-refractivity contribution in [3.8, 4) is 0 Å². The lowest BCUT2D eigenvalue weighted by atomic mass is 9.77. The lowest BCUT2D eigenvalue weighted by molar-refractivity contribution is -0.0294. The third-order valence-corrected chi connectivity index (χ3v) is 3.74. The fraction of sp³-hybridized carbons (Fsp3) is 1.00. The molecule has 0 aromatic rings. The van der Waals surface area contributed by atoms with Crippen LogP contribution >= 0.6 is 0 Å². The maximum Gasteiger partial charge on any atom is 0.0580 e. The predicted molar refractivity (Wildman–Crippen MR) is 58.3 cm³/mol. The molecule has 1 atom stereocenters. The Kier molecular flexibility index (Phi) is 3.45. The van der Waals surface area contributed by atoms with Gasteiger partial charge < -0.3 is 10.1 Å². The molecule has 2 saturated carbocycles. The number of ether oxygens (including phenoxy) is 1. The molecule has 14 heavy (non-hydrogen) atoms. The van der Waals surface area contributed by atoms with Gasteiger partial charge in [0.2, 0.25) is 0 Å². The van der Waals surface area contributed by atoms with Gasteiger partial charge in [-0.3, -0.25) is 0 Å². The van der Waals surface area contributed by atoms with Crippen LogP contribution in [0.2, 0.25) is 0 Å². The van der Waals surface area contributed by atoms with E-state index in [9.17, 15) is 0 Å². The molecule has 0 saturated heterocycles. The molecular formula is C12H23NO. The zero-order valence-corrected chi connectivity index (χ0v) is 9.46. The van der Waals surface area contributed by atoms with Crippen LogP contribution in [0.3, 0.4) is 0 Å². The van der Waals surface area contributed by atoms with Crippen LogP contribution in [0.1, 0.15) is 39.0 Å². The Morgan fingerprint density at radius 1 is 1.36 bits per heavy atom. The first-order valence-corrected chi connectivity index (χ1v) is 6.12. The van der Waals surface area contributed by atoms with E-state index in [1.165, 1.54) is 32.1 Å². The number of hydrogen-bond acceptors (Lipinski definition) is 2. The van der Waals surface area contributed by atoms with Gasteiger partial charge in [-0.15, -0.1) is 0 Å². The largest absolute Gasteiger partial charge is 0.378 e. The number of rotatable bonds is 6. The van der Waals surface area contributed by atoms with Gasteiger partial charge in [-0.05, 0) is 57.9 Å². The first-order chi connectivity index (χ1) is 6.83. The normalized spacial score (nSPS) is 33.9. The van der Waals surface area contributed by atoms with Crippen LogP contribution in [0.5, 0.6) is 0 Å². The van der Waals surface area contributed by atoms with Crippen LogP contribution in [0.15, 0.2) is 0 Å². The molecule has 0 amide bonds. The highest BCUT2D eigenvalue weighted by Gasteiger charge is 2.36. The van der Waals surface area contributed by atoms with Crippen LogP contribution in [-0.2, 0) is 4.74 Å². The third-order valence-electron chi connectivity index (χ3n) is 3.74. The van der Waals surface area contributed by atoms with Crippen molar-refractivity contribution in [2.24, 2.45) is 11.8 Å². The molecule has 0 radical (unpaired) electrons. The number of nitrogens with one attached hydrogen (secondary N) is 1. The Morgan fingerprint density at radius 2 is 2.07 bits per heavy atom.